The molecule has 1 aliphatic rings. The minimum atomic E-state index is 0.171. The van der Waals surface area contributed by atoms with E-state index in [0.29, 0.717) is 0 Å². The van der Waals surface area contributed by atoms with Gasteiger partial charge >= 0.3 is 0 Å². The maximum Gasteiger partial charge on any atom is 0.168 e. The van der Waals surface area contributed by atoms with Crippen LogP contribution in [0.2, 0.25) is 0 Å². The number of hydrogen-bond donors (Lipinski definition) is 0. The molecule has 1 aliphatic heterocycles. The SMILES string of the molecule is CC1Cc2ccccc2OO1. The summed E-state index contributed by atoms with van der Waals surface area (Å²) in [5.41, 5.74) is 1.23. The highest BCUT2D eigenvalue weighted by Crippen LogP contribution is 2.24. The average molecular weight is 150 g/mol. The van der Waals surface area contributed by atoms with Gasteiger partial charge in [-0.15, -0.1) is 0 Å². The predicted molar refractivity (Wildman–Crippen MR) is 41.3 cm³/mol. The van der Waals surface area contributed by atoms with Crippen LogP contribution in [0.3, 0.4) is 0 Å². The Kier molecular flexibility index (Phi) is 1.55. The van der Waals surface area contributed by atoms with E-state index in [1.807, 2.05) is 25.1 Å². The molecule has 1 atom stereocenters. The number of para-hydroxylation sites is 1. The highest BCUT2D eigenvalue weighted by atomic mass is 17.2. The van der Waals surface area contributed by atoms with Crippen LogP contribution in [0.1, 0.15) is 12.5 Å². The summed E-state index contributed by atoms with van der Waals surface area (Å²) < 4.78 is 0. The lowest BCUT2D eigenvalue weighted by molar-refractivity contribution is -0.249. The topological polar surface area (TPSA) is 18.5 Å². The van der Waals surface area contributed by atoms with E-state index in [9.17, 15) is 0 Å². The van der Waals surface area contributed by atoms with Gasteiger partial charge in [-0.25, -0.2) is 0 Å². The first-order chi connectivity index (χ1) is 5.36. The van der Waals surface area contributed by atoms with Gasteiger partial charge in [0.25, 0.3) is 0 Å². The molecule has 2 nitrogen and oxygen atoms in total. The molecule has 11 heavy (non-hydrogen) atoms. The van der Waals surface area contributed by atoms with E-state index in [2.05, 4.69) is 6.07 Å². The monoisotopic (exact) mass is 150 g/mol. The fourth-order valence-corrected chi connectivity index (χ4v) is 1.23. The molecule has 0 bridgehead atoms. The summed E-state index contributed by atoms with van der Waals surface area (Å²) in [7, 11) is 0. The summed E-state index contributed by atoms with van der Waals surface area (Å²) in [4.78, 5) is 10.0. The van der Waals surface area contributed by atoms with Crippen molar-refractivity contribution in [2.45, 2.75) is 19.4 Å². The first-order valence-corrected chi connectivity index (χ1v) is 3.77. The minimum Gasteiger partial charge on any atom is -0.337 e. The molecule has 2 rings (SSSR count). The van der Waals surface area contributed by atoms with Gasteiger partial charge in [0.1, 0.15) is 6.10 Å². The van der Waals surface area contributed by atoms with Crippen LogP contribution in [0, 0.1) is 0 Å². The number of fused-ring (bicyclic) bond motifs is 1. The average Bonchev–Trinajstić information content (AvgIpc) is 2.04. The highest BCUT2D eigenvalue weighted by molar-refractivity contribution is 5.34. The van der Waals surface area contributed by atoms with Crippen molar-refractivity contribution in [3.8, 4) is 5.75 Å². The zero-order chi connectivity index (χ0) is 7.68. The number of hydrogen-bond acceptors (Lipinski definition) is 2. The van der Waals surface area contributed by atoms with E-state index in [-0.39, 0.29) is 6.10 Å². The van der Waals surface area contributed by atoms with Gasteiger partial charge in [-0.3, -0.25) is 0 Å². The third-order valence-electron chi connectivity index (χ3n) is 1.78. The Balaban J connectivity index is 2.34. The quantitative estimate of drug-likeness (QED) is 0.526. The van der Waals surface area contributed by atoms with Crippen molar-refractivity contribution < 1.29 is 9.78 Å². The third kappa shape index (κ3) is 1.21. The van der Waals surface area contributed by atoms with Crippen molar-refractivity contribution >= 4 is 0 Å². The van der Waals surface area contributed by atoms with Crippen molar-refractivity contribution in [2.24, 2.45) is 0 Å². The third-order valence-corrected chi connectivity index (χ3v) is 1.78. The smallest absolute Gasteiger partial charge is 0.168 e. The molecular formula is C9H10O2. The molecule has 0 saturated heterocycles. The van der Waals surface area contributed by atoms with Gasteiger partial charge in [-0.2, -0.15) is 4.89 Å². The van der Waals surface area contributed by atoms with E-state index >= 15 is 0 Å². The van der Waals surface area contributed by atoms with Crippen LogP contribution < -0.4 is 4.89 Å². The summed E-state index contributed by atoms with van der Waals surface area (Å²) in [6, 6.07) is 7.94. The normalized spacial score (nSPS) is 22.1. The summed E-state index contributed by atoms with van der Waals surface area (Å²) in [6.45, 7) is 2.00. The fourth-order valence-electron chi connectivity index (χ4n) is 1.23. The summed E-state index contributed by atoms with van der Waals surface area (Å²) in [5, 5.41) is 0. The second-order valence-electron chi connectivity index (χ2n) is 2.80. The Bertz CT molecular complexity index is 257. The van der Waals surface area contributed by atoms with Crippen molar-refractivity contribution in [3.63, 3.8) is 0 Å². The van der Waals surface area contributed by atoms with Gasteiger partial charge in [-0.05, 0) is 13.0 Å². The van der Waals surface area contributed by atoms with Crippen LogP contribution in [-0.2, 0) is 11.3 Å². The Morgan fingerprint density at radius 3 is 3.09 bits per heavy atom. The molecule has 1 heterocycles. The standard InChI is InChI=1S/C9H10O2/c1-7-6-8-4-2-3-5-9(8)11-10-7/h2-5,7H,6H2,1H3. The lowest BCUT2D eigenvalue weighted by atomic mass is 10.1. The van der Waals surface area contributed by atoms with Gasteiger partial charge in [0.2, 0.25) is 0 Å². The Labute approximate surface area is 65.7 Å². The lowest BCUT2D eigenvalue weighted by Gasteiger charge is -2.20. The molecule has 1 unspecified atom stereocenters. The van der Waals surface area contributed by atoms with Gasteiger partial charge < -0.3 is 4.89 Å². The minimum absolute atomic E-state index is 0.171. The first-order valence-electron chi connectivity index (χ1n) is 3.77. The Morgan fingerprint density at radius 2 is 2.18 bits per heavy atom. The van der Waals surface area contributed by atoms with E-state index in [0.717, 1.165) is 12.2 Å². The molecule has 0 aliphatic carbocycles. The molecular weight excluding hydrogens is 140 g/mol. The zero-order valence-electron chi connectivity index (χ0n) is 6.41. The Morgan fingerprint density at radius 1 is 1.36 bits per heavy atom. The van der Waals surface area contributed by atoms with Crippen LogP contribution in [0.25, 0.3) is 0 Å². The number of rotatable bonds is 0. The molecule has 0 amide bonds. The molecule has 0 fully saturated rings. The molecule has 0 spiro atoms. The first kappa shape index (κ1) is 6.68. The van der Waals surface area contributed by atoms with Crippen molar-refractivity contribution in [2.75, 3.05) is 0 Å². The second-order valence-corrected chi connectivity index (χ2v) is 2.80. The van der Waals surface area contributed by atoms with Crippen LogP contribution >= 0.6 is 0 Å². The zero-order valence-corrected chi connectivity index (χ0v) is 6.41. The molecule has 0 N–H and O–H groups in total. The molecule has 0 aromatic heterocycles. The van der Waals surface area contributed by atoms with Crippen molar-refractivity contribution in [1.82, 2.24) is 0 Å². The summed E-state index contributed by atoms with van der Waals surface area (Å²) in [5.74, 6) is 0.852. The van der Waals surface area contributed by atoms with Crippen molar-refractivity contribution in [3.05, 3.63) is 29.8 Å². The highest BCUT2D eigenvalue weighted by Gasteiger charge is 2.15. The maximum absolute atomic E-state index is 5.04. The van der Waals surface area contributed by atoms with Gasteiger partial charge in [-0.1, -0.05) is 18.2 Å². The van der Waals surface area contributed by atoms with E-state index in [1.165, 1.54) is 5.56 Å². The van der Waals surface area contributed by atoms with Crippen molar-refractivity contribution in [1.29, 1.82) is 0 Å². The van der Waals surface area contributed by atoms with Crippen LogP contribution in [0.5, 0.6) is 5.75 Å². The predicted octanol–water partition coefficient (Wildman–Crippen LogP) is 1.94. The molecule has 1 aromatic carbocycles. The maximum atomic E-state index is 5.04. The van der Waals surface area contributed by atoms with E-state index < -0.39 is 0 Å². The Hall–Kier alpha value is -1.02. The number of benzene rings is 1. The molecule has 1 aromatic rings. The van der Waals surface area contributed by atoms with E-state index in [4.69, 9.17) is 9.78 Å². The largest absolute Gasteiger partial charge is 0.337 e. The molecule has 0 saturated carbocycles. The van der Waals surface area contributed by atoms with Crippen LogP contribution in [-0.4, -0.2) is 6.10 Å². The summed E-state index contributed by atoms with van der Waals surface area (Å²) in [6.07, 6.45) is 1.11. The van der Waals surface area contributed by atoms with Gasteiger partial charge in [0, 0.05) is 12.0 Å². The van der Waals surface area contributed by atoms with E-state index in [1.54, 1.807) is 0 Å². The van der Waals surface area contributed by atoms with Crippen LogP contribution in [0.15, 0.2) is 24.3 Å². The second kappa shape index (κ2) is 2.55. The fraction of sp³-hybridized carbons (Fsp3) is 0.333. The van der Waals surface area contributed by atoms with Gasteiger partial charge in [0.15, 0.2) is 5.75 Å². The molecule has 2 heteroatoms. The molecule has 0 radical (unpaired) electrons. The van der Waals surface area contributed by atoms with Crippen LogP contribution in [0.4, 0.5) is 0 Å². The summed E-state index contributed by atoms with van der Waals surface area (Å²) >= 11 is 0. The van der Waals surface area contributed by atoms with Gasteiger partial charge in [0.05, 0.1) is 0 Å². The molecule has 58 valence electrons. The lowest BCUT2D eigenvalue weighted by Crippen LogP contribution is -2.19.